The number of hydrogen-bond acceptors (Lipinski definition) is 3. The molecular weight excluding hydrogens is 249 g/mol. The minimum Gasteiger partial charge on any atom is -0.335 e. The van der Waals surface area contributed by atoms with Gasteiger partial charge in [0.15, 0.2) is 0 Å². The quantitative estimate of drug-likeness (QED) is 0.833. The molecule has 1 saturated heterocycles. The van der Waals surface area contributed by atoms with E-state index in [1.165, 1.54) is 17.0 Å². The van der Waals surface area contributed by atoms with E-state index >= 15 is 0 Å². The molecule has 6 heteroatoms. The Labute approximate surface area is 110 Å². The summed E-state index contributed by atoms with van der Waals surface area (Å²) in [5.41, 5.74) is 6.01. The number of rotatable bonds is 3. The van der Waals surface area contributed by atoms with Crippen molar-refractivity contribution in [3.05, 3.63) is 35.6 Å². The molecule has 102 valence electrons. The Morgan fingerprint density at radius 2 is 2.16 bits per heavy atom. The fraction of sp³-hybridized carbons (Fsp3) is 0.385. The van der Waals surface area contributed by atoms with Crippen LogP contribution < -0.4 is 5.73 Å². The zero-order valence-corrected chi connectivity index (χ0v) is 10.5. The second kappa shape index (κ2) is 5.79. The largest absolute Gasteiger partial charge is 0.335 e. The molecule has 0 atom stereocenters. The summed E-state index contributed by atoms with van der Waals surface area (Å²) in [6.45, 7) is 1.24. The van der Waals surface area contributed by atoms with E-state index in [1.807, 2.05) is 0 Å². The minimum atomic E-state index is -0.318. The maximum atomic E-state index is 13.1. The molecule has 0 bridgehead atoms. The van der Waals surface area contributed by atoms with Crippen molar-refractivity contribution in [2.75, 3.05) is 26.2 Å². The summed E-state index contributed by atoms with van der Waals surface area (Å²) in [6, 6.07) is 6.16. The molecule has 1 aromatic carbocycles. The Balaban J connectivity index is 1.97. The number of amides is 2. The molecule has 0 aliphatic carbocycles. The van der Waals surface area contributed by atoms with Crippen molar-refractivity contribution in [1.29, 1.82) is 0 Å². The maximum Gasteiger partial charge on any atom is 0.242 e. The van der Waals surface area contributed by atoms with E-state index in [0.717, 1.165) is 5.56 Å². The van der Waals surface area contributed by atoms with Crippen molar-refractivity contribution in [3.63, 3.8) is 0 Å². The molecule has 2 amide bonds. The highest BCUT2D eigenvalue weighted by atomic mass is 19.1. The third-order valence-electron chi connectivity index (χ3n) is 3.11. The summed E-state index contributed by atoms with van der Waals surface area (Å²) in [5.74, 6) is -0.682. The molecule has 2 rings (SSSR count). The Kier molecular flexibility index (Phi) is 4.11. The van der Waals surface area contributed by atoms with Crippen molar-refractivity contribution < 1.29 is 14.0 Å². The van der Waals surface area contributed by atoms with Gasteiger partial charge in [-0.25, -0.2) is 4.39 Å². The first kappa shape index (κ1) is 13.5. The molecule has 1 heterocycles. The van der Waals surface area contributed by atoms with Gasteiger partial charge in [0.2, 0.25) is 11.8 Å². The third-order valence-corrected chi connectivity index (χ3v) is 3.11. The fourth-order valence-corrected chi connectivity index (χ4v) is 2.07. The Hall–Kier alpha value is -1.95. The van der Waals surface area contributed by atoms with Crippen LogP contribution in [0.5, 0.6) is 0 Å². The normalized spacial score (nSPS) is 15.8. The Morgan fingerprint density at radius 1 is 1.37 bits per heavy atom. The van der Waals surface area contributed by atoms with Crippen LogP contribution in [0, 0.1) is 5.82 Å². The van der Waals surface area contributed by atoms with E-state index in [9.17, 15) is 14.0 Å². The van der Waals surface area contributed by atoms with Crippen LogP contribution in [-0.4, -0.2) is 47.8 Å². The molecule has 2 N–H and O–H groups in total. The van der Waals surface area contributed by atoms with E-state index in [1.54, 1.807) is 17.0 Å². The Bertz CT molecular complexity index is 493. The first-order valence-electron chi connectivity index (χ1n) is 6.10. The Morgan fingerprint density at radius 3 is 2.79 bits per heavy atom. The minimum absolute atomic E-state index is 0.0470. The van der Waals surface area contributed by atoms with Gasteiger partial charge >= 0.3 is 0 Å². The molecular formula is C13H16FN3O2. The number of benzene rings is 1. The van der Waals surface area contributed by atoms with Gasteiger partial charge in [0.25, 0.3) is 0 Å². The molecule has 19 heavy (non-hydrogen) atoms. The van der Waals surface area contributed by atoms with Gasteiger partial charge in [0.05, 0.1) is 13.1 Å². The van der Waals surface area contributed by atoms with Crippen LogP contribution in [0.15, 0.2) is 24.3 Å². The van der Waals surface area contributed by atoms with Gasteiger partial charge in [-0.2, -0.15) is 0 Å². The zero-order chi connectivity index (χ0) is 13.8. The highest BCUT2D eigenvalue weighted by Crippen LogP contribution is 2.11. The molecule has 0 spiro atoms. The standard InChI is InChI=1S/C13H16FN3O2/c14-11-3-1-2-10(6-11)8-16-4-5-17(9-13(16)19)12(18)7-15/h1-3,6H,4-5,7-9,15H2. The van der Waals surface area contributed by atoms with Gasteiger partial charge in [0.1, 0.15) is 5.82 Å². The molecule has 1 aliphatic rings. The zero-order valence-electron chi connectivity index (χ0n) is 10.5. The SMILES string of the molecule is NCC(=O)N1CCN(Cc2cccc(F)c2)C(=O)C1. The lowest BCUT2D eigenvalue weighted by atomic mass is 10.2. The van der Waals surface area contributed by atoms with Crippen LogP contribution in [0.1, 0.15) is 5.56 Å². The van der Waals surface area contributed by atoms with Gasteiger partial charge in [-0.3, -0.25) is 9.59 Å². The maximum absolute atomic E-state index is 13.1. The number of carbonyl (C=O) groups excluding carboxylic acids is 2. The molecule has 0 radical (unpaired) electrons. The second-order valence-electron chi connectivity index (χ2n) is 4.46. The molecule has 0 unspecified atom stereocenters. The van der Waals surface area contributed by atoms with Crippen molar-refractivity contribution in [3.8, 4) is 0 Å². The molecule has 1 fully saturated rings. The number of piperazine rings is 1. The summed E-state index contributed by atoms with van der Waals surface area (Å²) in [7, 11) is 0. The molecule has 1 aromatic rings. The van der Waals surface area contributed by atoms with Gasteiger partial charge < -0.3 is 15.5 Å². The lowest BCUT2D eigenvalue weighted by Gasteiger charge is -2.34. The van der Waals surface area contributed by atoms with Gasteiger partial charge in [-0.05, 0) is 17.7 Å². The number of halogens is 1. The van der Waals surface area contributed by atoms with Crippen LogP contribution in [0.3, 0.4) is 0 Å². The van der Waals surface area contributed by atoms with E-state index in [0.29, 0.717) is 19.6 Å². The summed E-state index contributed by atoms with van der Waals surface area (Å²) >= 11 is 0. The summed E-state index contributed by atoms with van der Waals surface area (Å²) in [5, 5.41) is 0. The van der Waals surface area contributed by atoms with Crippen LogP contribution >= 0.6 is 0 Å². The summed E-state index contributed by atoms with van der Waals surface area (Å²) in [4.78, 5) is 26.4. The number of hydrogen-bond donors (Lipinski definition) is 1. The predicted molar refractivity (Wildman–Crippen MR) is 67.5 cm³/mol. The number of carbonyl (C=O) groups is 2. The van der Waals surface area contributed by atoms with Crippen LogP contribution in [0.4, 0.5) is 4.39 Å². The van der Waals surface area contributed by atoms with Crippen LogP contribution in [-0.2, 0) is 16.1 Å². The summed E-state index contributed by atoms with van der Waals surface area (Å²) in [6.07, 6.45) is 0. The average molecular weight is 265 g/mol. The molecule has 0 saturated carbocycles. The predicted octanol–water partition coefficient (Wildman–Crippen LogP) is -0.0448. The number of nitrogens with two attached hydrogens (primary N) is 1. The first-order chi connectivity index (χ1) is 9.10. The van der Waals surface area contributed by atoms with Gasteiger partial charge in [-0.1, -0.05) is 12.1 Å². The van der Waals surface area contributed by atoms with Crippen molar-refractivity contribution in [2.45, 2.75) is 6.54 Å². The van der Waals surface area contributed by atoms with Gasteiger partial charge in [0, 0.05) is 19.6 Å². The van der Waals surface area contributed by atoms with Crippen LogP contribution in [0.2, 0.25) is 0 Å². The average Bonchev–Trinajstić information content (AvgIpc) is 2.40. The molecule has 5 nitrogen and oxygen atoms in total. The molecule has 1 aliphatic heterocycles. The smallest absolute Gasteiger partial charge is 0.242 e. The first-order valence-corrected chi connectivity index (χ1v) is 6.10. The van der Waals surface area contributed by atoms with Crippen molar-refractivity contribution >= 4 is 11.8 Å². The van der Waals surface area contributed by atoms with E-state index < -0.39 is 0 Å². The molecule has 0 aromatic heterocycles. The fourth-order valence-electron chi connectivity index (χ4n) is 2.07. The number of nitrogens with zero attached hydrogens (tertiary/aromatic N) is 2. The lowest BCUT2D eigenvalue weighted by molar-refractivity contribution is -0.145. The summed E-state index contributed by atoms with van der Waals surface area (Å²) < 4.78 is 13.1. The topological polar surface area (TPSA) is 66.6 Å². The van der Waals surface area contributed by atoms with Gasteiger partial charge in [-0.15, -0.1) is 0 Å². The van der Waals surface area contributed by atoms with E-state index in [2.05, 4.69) is 0 Å². The van der Waals surface area contributed by atoms with E-state index in [-0.39, 0.29) is 30.7 Å². The highest BCUT2D eigenvalue weighted by molar-refractivity contribution is 5.86. The highest BCUT2D eigenvalue weighted by Gasteiger charge is 2.26. The van der Waals surface area contributed by atoms with Crippen LogP contribution in [0.25, 0.3) is 0 Å². The second-order valence-corrected chi connectivity index (χ2v) is 4.46. The van der Waals surface area contributed by atoms with E-state index in [4.69, 9.17) is 5.73 Å². The van der Waals surface area contributed by atoms with Crippen molar-refractivity contribution in [2.24, 2.45) is 5.73 Å². The monoisotopic (exact) mass is 265 g/mol. The van der Waals surface area contributed by atoms with Crippen molar-refractivity contribution in [1.82, 2.24) is 9.80 Å². The third kappa shape index (κ3) is 3.29. The lowest BCUT2D eigenvalue weighted by Crippen LogP contribution is -2.53.